The van der Waals surface area contributed by atoms with Gasteiger partial charge in [0.05, 0.1) is 22.8 Å². The molecule has 222 valence electrons. The fraction of sp³-hybridized carbons (Fsp3) is 0.500. The van der Waals surface area contributed by atoms with E-state index >= 15 is 0 Å². The average molecular weight is 586 g/mol. The van der Waals surface area contributed by atoms with Crippen LogP contribution >= 0.6 is 0 Å². The number of nitrogens with zero attached hydrogens (tertiary/aromatic N) is 1. The molecular formula is C30H30F7NO3. The van der Waals surface area contributed by atoms with Gasteiger partial charge in [-0.3, -0.25) is 4.79 Å². The zero-order valence-electron chi connectivity index (χ0n) is 22.4. The van der Waals surface area contributed by atoms with E-state index in [1.165, 1.54) is 32.1 Å². The second-order valence-electron chi connectivity index (χ2n) is 11.7. The van der Waals surface area contributed by atoms with Gasteiger partial charge in [-0.15, -0.1) is 0 Å². The van der Waals surface area contributed by atoms with Crippen molar-refractivity contribution in [1.82, 2.24) is 4.90 Å². The Morgan fingerprint density at radius 3 is 2.00 bits per heavy atom. The number of aliphatic hydroxyl groups excluding tert-OH is 1. The first-order valence-corrected chi connectivity index (χ1v) is 13.4. The fourth-order valence-electron chi connectivity index (χ4n) is 6.54. The molecule has 11 heteroatoms. The van der Waals surface area contributed by atoms with Crippen LogP contribution in [0.25, 0.3) is 0 Å². The number of carbonyl (C=O) groups excluding carboxylic acids is 1. The third-order valence-corrected chi connectivity index (χ3v) is 8.61. The summed E-state index contributed by atoms with van der Waals surface area (Å²) in [5.74, 6) is -1.02. The second-order valence-corrected chi connectivity index (χ2v) is 11.7. The molecule has 0 aromatic heterocycles. The summed E-state index contributed by atoms with van der Waals surface area (Å²) in [6, 6.07) is 7.36. The summed E-state index contributed by atoms with van der Waals surface area (Å²) in [6.07, 6.45) is -8.83. The molecule has 1 saturated carbocycles. The highest BCUT2D eigenvalue weighted by atomic mass is 19.4. The summed E-state index contributed by atoms with van der Waals surface area (Å²) in [5.41, 5.74) is -3.12. The van der Waals surface area contributed by atoms with Crippen molar-refractivity contribution in [2.45, 2.75) is 69.2 Å². The van der Waals surface area contributed by atoms with E-state index in [0.29, 0.717) is 38.1 Å². The van der Waals surface area contributed by atoms with Crippen LogP contribution in [-0.4, -0.2) is 41.1 Å². The molecule has 0 bridgehead atoms. The smallest absolute Gasteiger partial charge is 0.385 e. The lowest BCUT2D eigenvalue weighted by molar-refractivity contribution is -0.144. The highest BCUT2D eigenvalue weighted by molar-refractivity contribution is 5.96. The second kappa shape index (κ2) is 10.4. The van der Waals surface area contributed by atoms with Gasteiger partial charge in [0.25, 0.3) is 0 Å². The van der Waals surface area contributed by atoms with E-state index in [4.69, 9.17) is 4.74 Å². The summed E-state index contributed by atoms with van der Waals surface area (Å²) < 4.78 is 102. The molecular weight excluding hydrogens is 555 g/mol. The number of rotatable bonds is 5. The van der Waals surface area contributed by atoms with Crippen molar-refractivity contribution in [1.29, 1.82) is 0 Å². The van der Waals surface area contributed by atoms with Crippen molar-refractivity contribution < 1.29 is 45.4 Å². The first-order chi connectivity index (χ1) is 19.0. The molecule has 0 radical (unpaired) electrons. The van der Waals surface area contributed by atoms with Crippen LogP contribution in [0.15, 0.2) is 54.2 Å². The number of carbonyl (C=O) groups is 1. The third-order valence-electron chi connectivity index (χ3n) is 8.61. The van der Waals surface area contributed by atoms with Gasteiger partial charge in [0.1, 0.15) is 11.9 Å². The molecule has 5 rings (SSSR count). The van der Waals surface area contributed by atoms with Crippen molar-refractivity contribution in [3.05, 3.63) is 82.3 Å². The van der Waals surface area contributed by atoms with Gasteiger partial charge < -0.3 is 14.7 Å². The molecule has 1 N–H and O–H groups in total. The van der Waals surface area contributed by atoms with Crippen LogP contribution in [-0.2, 0) is 27.5 Å². The summed E-state index contributed by atoms with van der Waals surface area (Å²) in [6.45, 7) is 4.05. The highest BCUT2D eigenvalue weighted by Gasteiger charge is 2.48. The maximum Gasteiger partial charge on any atom is 0.416 e. The molecule has 1 saturated heterocycles. The van der Waals surface area contributed by atoms with Crippen LogP contribution < -0.4 is 0 Å². The summed E-state index contributed by atoms with van der Waals surface area (Å²) >= 11 is 0. The fourth-order valence-corrected chi connectivity index (χ4v) is 6.54. The number of halogens is 7. The van der Waals surface area contributed by atoms with Gasteiger partial charge in [0.2, 0.25) is 0 Å². The molecule has 2 aromatic rings. The highest BCUT2D eigenvalue weighted by Crippen LogP contribution is 2.50. The Labute approximate surface area is 232 Å². The van der Waals surface area contributed by atoms with E-state index in [9.17, 15) is 40.6 Å². The van der Waals surface area contributed by atoms with E-state index < -0.39 is 47.1 Å². The Balaban J connectivity index is 1.48. The number of likely N-dealkylation sites (tertiary alicyclic amines) is 1. The molecule has 41 heavy (non-hydrogen) atoms. The first kappa shape index (κ1) is 29.6. The molecule has 3 aliphatic rings. The summed E-state index contributed by atoms with van der Waals surface area (Å²) in [7, 11) is 0. The standard InChI is InChI=1S/C30H30F7NO3/c1-28(2,18-9-19(29(32,33)34)11-20(10-18)30(35,36)37)41-26-8-5-17-14-38(22-12-24(39)25(40)13-22)15-23(17)27(26)16-3-6-21(31)7-4-16/h3-4,6-7,9-12,17,23,25-27,40H,5,8,13-15H2,1-2H3/t17?,23-,25?,26+,27+/m1/s1. The van der Waals surface area contributed by atoms with Crippen molar-refractivity contribution in [2.75, 3.05) is 13.1 Å². The lowest BCUT2D eigenvalue weighted by Crippen LogP contribution is -2.41. The van der Waals surface area contributed by atoms with Crippen molar-refractivity contribution in [3.8, 4) is 0 Å². The van der Waals surface area contributed by atoms with Crippen LogP contribution in [0.4, 0.5) is 30.7 Å². The molecule has 2 fully saturated rings. The Kier molecular flexibility index (Phi) is 7.51. The molecule has 5 atom stereocenters. The molecule has 2 aliphatic carbocycles. The molecule has 0 amide bonds. The van der Waals surface area contributed by atoms with Crippen molar-refractivity contribution in [3.63, 3.8) is 0 Å². The van der Waals surface area contributed by atoms with E-state index in [2.05, 4.69) is 4.90 Å². The lowest BCUT2D eigenvalue weighted by atomic mass is 9.69. The third kappa shape index (κ3) is 6.02. The minimum Gasteiger partial charge on any atom is -0.385 e. The quantitative estimate of drug-likeness (QED) is 0.391. The maximum absolute atomic E-state index is 13.8. The van der Waals surface area contributed by atoms with Gasteiger partial charge in [0.15, 0.2) is 5.78 Å². The van der Waals surface area contributed by atoms with Crippen molar-refractivity contribution in [2.24, 2.45) is 11.8 Å². The van der Waals surface area contributed by atoms with Crippen molar-refractivity contribution >= 4 is 5.78 Å². The van der Waals surface area contributed by atoms with E-state index in [1.54, 1.807) is 12.1 Å². The molecule has 2 unspecified atom stereocenters. The van der Waals surface area contributed by atoms with Gasteiger partial charge in [-0.1, -0.05) is 12.1 Å². The normalized spacial score (nSPS) is 27.3. The lowest BCUT2D eigenvalue weighted by Gasteiger charge is -2.43. The average Bonchev–Trinajstić information content (AvgIpc) is 3.46. The van der Waals surface area contributed by atoms with E-state index in [-0.39, 0.29) is 41.6 Å². The number of aliphatic hydroxyl groups is 1. The topological polar surface area (TPSA) is 49.8 Å². The van der Waals surface area contributed by atoms with Gasteiger partial charge in [-0.05, 0) is 80.0 Å². The minimum atomic E-state index is -4.99. The van der Waals surface area contributed by atoms with Crippen LogP contribution in [0.1, 0.15) is 61.3 Å². The Bertz CT molecular complexity index is 1300. The largest absolute Gasteiger partial charge is 0.416 e. The SMILES string of the molecule is CC(C)(O[C@H]1CCC2CN(C3=CC(=O)C(O)C3)C[C@H]2[C@@H]1c1ccc(F)cc1)c1cc(C(F)(F)F)cc(C(F)(F)F)c1. The monoisotopic (exact) mass is 585 g/mol. The Morgan fingerprint density at radius 1 is 0.878 bits per heavy atom. The maximum atomic E-state index is 13.8. The van der Waals surface area contributed by atoms with Gasteiger partial charge >= 0.3 is 12.4 Å². The van der Waals surface area contributed by atoms with Crippen LogP contribution in [0.2, 0.25) is 0 Å². The molecule has 0 spiro atoms. The Hall–Kier alpha value is -2.92. The number of hydrogen-bond donors (Lipinski definition) is 1. The molecule has 1 heterocycles. The summed E-state index contributed by atoms with van der Waals surface area (Å²) in [5, 5.41) is 9.94. The van der Waals surface area contributed by atoms with Gasteiger partial charge in [-0.25, -0.2) is 4.39 Å². The minimum absolute atomic E-state index is 0.0454. The summed E-state index contributed by atoms with van der Waals surface area (Å²) in [4.78, 5) is 14.0. The zero-order chi connectivity index (χ0) is 29.9. The number of benzene rings is 2. The predicted molar refractivity (Wildman–Crippen MR) is 135 cm³/mol. The number of alkyl halides is 6. The number of fused-ring (bicyclic) bond motifs is 1. The molecule has 1 aliphatic heterocycles. The van der Waals surface area contributed by atoms with Gasteiger partial charge in [-0.2, -0.15) is 26.3 Å². The number of ether oxygens (including phenoxy) is 1. The zero-order valence-corrected chi connectivity index (χ0v) is 22.4. The van der Waals surface area contributed by atoms with Crippen LogP contribution in [0, 0.1) is 17.7 Å². The van der Waals surface area contributed by atoms with E-state index in [1.807, 2.05) is 0 Å². The van der Waals surface area contributed by atoms with Crippen LogP contribution in [0.5, 0.6) is 0 Å². The molecule has 2 aromatic carbocycles. The van der Waals surface area contributed by atoms with Gasteiger partial charge in [0, 0.05) is 37.2 Å². The number of ketones is 1. The van der Waals surface area contributed by atoms with E-state index in [0.717, 1.165) is 11.3 Å². The number of hydrogen-bond acceptors (Lipinski definition) is 4. The van der Waals surface area contributed by atoms with Crippen LogP contribution in [0.3, 0.4) is 0 Å². The molecule has 4 nitrogen and oxygen atoms in total. The first-order valence-electron chi connectivity index (χ1n) is 13.4. The Morgan fingerprint density at radius 2 is 1.46 bits per heavy atom. The predicted octanol–water partition coefficient (Wildman–Crippen LogP) is 6.83.